The van der Waals surface area contributed by atoms with Gasteiger partial charge in [-0.3, -0.25) is 25.1 Å². The van der Waals surface area contributed by atoms with Gasteiger partial charge in [0.2, 0.25) is 0 Å². The van der Waals surface area contributed by atoms with E-state index in [2.05, 4.69) is 5.32 Å². The van der Waals surface area contributed by atoms with Crippen LogP contribution < -0.4 is 5.32 Å². The molecule has 308 valence electrons. The number of rotatable bonds is 13. The van der Waals surface area contributed by atoms with Crippen LogP contribution in [0.1, 0.15) is 41.5 Å². The van der Waals surface area contributed by atoms with Crippen LogP contribution in [0.25, 0.3) is 0 Å². The zero-order valence-electron chi connectivity index (χ0n) is 30.9. The summed E-state index contributed by atoms with van der Waals surface area (Å²) in [5.74, 6) is -3.20. The molecule has 0 aliphatic carbocycles. The first-order chi connectivity index (χ1) is 25.6. The van der Waals surface area contributed by atoms with Gasteiger partial charge in [-0.05, 0) is 47.6 Å². The third-order valence-corrected chi connectivity index (χ3v) is 10.4. The lowest BCUT2D eigenvalue weighted by atomic mass is 9.99. The van der Waals surface area contributed by atoms with Gasteiger partial charge in [0, 0.05) is 25.7 Å². The number of ether oxygens (including phenoxy) is 9. The molecule has 7 rings (SSSR count). The molecular weight excluding hydrogens is 740 g/mol. The fourth-order valence-electron chi connectivity index (χ4n) is 8.11. The van der Waals surface area contributed by atoms with E-state index in [0.717, 1.165) is 12.1 Å². The highest BCUT2D eigenvalue weighted by Gasteiger charge is 2.59. The summed E-state index contributed by atoms with van der Waals surface area (Å²) in [5, 5.41) is 83.1. The molecule has 0 amide bonds. The maximum atomic E-state index is 12.0. The highest BCUT2D eigenvalue weighted by molar-refractivity contribution is 5.66. The number of hydrogen-bond acceptors (Lipinski definition) is 20. The molecule has 0 saturated carbocycles. The van der Waals surface area contributed by atoms with Gasteiger partial charge in [0.15, 0.2) is 36.2 Å². The van der Waals surface area contributed by atoms with Crippen molar-refractivity contribution in [1.82, 2.24) is 4.90 Å². The van der Waals surface area contributed by atoms with Gasteiger partial charge >= 0.3 is 0 Å². The number of aliphatic hydroxyl groups is 5. The normalized spacial score (nSPS) is 39.8. The number of hydrogen-bond donors (Lipinski definition) is 6. The Balaban J connectivity index is 1.12. The van der Waals surface area contributed by atoms with E-state index in [1.807, 2.05) is 0 Å². The number of non-ortho nitro benzene ring substituents is 1. The van der Waals surface area contributed by atoms with Crippen LogP contribution in [-0.4, -0.2) is 169 Å². The van der Waals surface area contributed by atoms with E-state index >= 15 is 0 Å². The summed E-state index contributed by atoms with van der Waals surface area (Å²) < 4.78 is 52.7. The molecule has 6 N–H and O–H groups in total. The van der Waals surface area contributed by atoms with Crippen LogP contribution in [0.2, 0.25) is 0 Å². The van der Waals surface area contributed by atoms with Gasteiger partial charge in [-0.25, -0.2) is 0 Å². The minimum Gasteiger partial charge on any atom is -0.389 e. The average molecular weight is 789 g/mol. The van der Waals surface area contributed by atoms with Crippen molar-refractivity contribution >= 4 is 17.1 Å². The van der Waals surface area contributed by atoms with Gasteiger partial charge in [-0.1, -0.05) is 0 Å². The minimum atomic E-state index is -1.49. The summed E-state index contributed by atoms with van der Waals surface area (Å²) in [6, 6.07) is 2.02. The standard InChI is InChI=1S/C33H48N4O18/c1-31(2)50-25-19(34-14-8-7-13(36(43)44)9-15(14)37(45)46)22(47-28(25)53-31)16(38)10-35(11-17(39)23-20(41)26-29(48-23)54-32(3,4)51-26)12-18(40)24-21(42)27-30(49-24)55-33(5,6)52-27/h7-9,16-30,34,38-42H,10-12H2,1-6H3/t16-,17-,18-,19-,20-,21-,22+,23+,24+,25+,26+,27+,28+,29+,30+/m0/s1. The quantitative estimate of drug-likeness (QED) is 0.103. The van der Waals surface area contributed by atoms with Crippen LogP contribution in [0.4, 0.5) is 17.1 Å². The summed E-state index contributed by atoms with van der Waals surface area (Å²) in [6.45, 7) is 8.89. The van der Waals surface area contributed by atoms with E-state index in [4.69, 9.17) is 42.6 Å². The summed E-state index contributed by atoms with van der Waals surface area (Å²) in [4.78, 5) is 23.2. The molecule has 22 heteroatoms. The second-order valence-corrected chi connectivity index (χ2v) is 16.0. The van der Waals surface area contributed by atoms with Gasteiger partial charge < -0.3 is 73.5 Å². The highest BCUT2D eigenvalue weighted by Crippen LogP contribution is 2.43. The molecule has 6 saturated heterocycles. The predicted molar refractivity (Wildman–Crippen MR) is 180 cm³/mol. The lowest BCUT2D eigenvalue weighted by molar-refractivity contribution is -0.393. The number of nitrogens with one attached hydrogen (secondary N) is 1. The SMILES string of the molecule is CC1(C)O[C@H]2O[C@H]([C@@H](O)CN(C[C@H](O)[C@H]3O[C@@H]4OC(C)(C)O[C@@H]4[C@H]3O)C[C@H](O)[C@H]3O[C@@H]4OC(C)(C)O[C@@H]4[C@H]3Nc3ccc([N+](=O)[O-])cc3[N+](=O)[O-])[C@H](O)[C@H]2O1. The maximum absolute atomic E-state index is 12.0. The Morgan fingerprint density at radius 3 is 1.53 bits per heavy atom. The zero-order valence-corrected chi connectivity index (χ0v) is 30.9. The van der Waals surface area contributed by atoms with Crippen LogP contribution in [0.15, 0.2) is 18.2 Å². The second-order valence-electron chi connectivity index (χ2n) is 16.0. The van der Waals surface area contributed by atoms with Crippen molar-refractivity contribution in [1.29, 1.82) is 0 Å². The van der Waals surface area contributed by atoms with Gasteiger partial charge in [0.05, 0.1) is 40.3 Å². The van der Waals surface area contributed by atoms with Crippen molar-refractivity contribution in [3.05, 3.63) is 38.4 Å². The molecule has 1 aromatic rings. The van der Waals surface area contributed by atoms with E-state index in [9.17, 15) is 45.8 Å². The topological polar surface area (TPSA) is 286 Å². The van der Waals surface area contributed by atoms with Crippen LogP contribution in [-0.2, 0) is 42.6 Å². The van der Waals surface area contributed by atoms with E-state index < -0.39 is 131 Å². The summed E-state index contributed by atoms with van der Waals surface area (Å²) in [5.41, 5.74) is -1.23. The van der Waals surface area contributed by atoms with Crippen molar-refractivity contribution in [2.45, 2.75) is 151 Å². The molecule has 0 unspecified atom stereocenters. The minimum absolute atomic E-state index is 0.117. The molecular formula is C33H48N4O18. The Morgan fingerprint density at radius 1 is 0.673 bits per heavy atom. The first kappa shape index (κ1) is 40.4. The van der Waals surface area contributed by atoms with Crippen molar-refractivity contribution in [2.24, 2.45) is 0 Å². The molecule has 6 fully saturated rings. The number of anilines is 1. The Bertz CT molecular complexity index is 1570. The third kappa shape index (κ3) is 8.04. The van der Waals surface area contributed by atoms with Gasteiger partial charge in [0.25, 0.3) is 11.4 Å². The van der Waals surface area contributed by atoms with Gasteiger partial charge in [-0.15, -0.1) is 0 Å². The van der Waals surface area contributed by atoms with Crippen molar-refractivity contribution in [2.75, 3.05) is 25.0 Å². The molecule has 15 atom stereocenters. The number of nitrogens with zero attached hydrogens (tertiary/aromatic N) is 3. The summed E-state index contributed by atoms with van der Waals surface area (Å²) >= 11 is 0. The third-order valence-electron chi connectivity index (χ3n) is 10.4. The fourth-order valence-corrected chi connectivity index (χ4v) is 8.11. The molecule has 6 aliphatic rings. The summed E-state index contributed by atoms with van der Waals surface area (Å²) in [7, 11) is 0. The van der Waals surface area contributed by atoms with E-state index in [1.165, 1.54) is 11.0 Å². The fraction of sp³-hybridized carbons (Fsp3) is 0.818. The van der Waals surface area contributed by atoms with Crippen molar-refractivity contribution in [3.8, 4) is 0 Å². The Labute approximate surface area is 314 Å². The first-order valence-electron chi connectivity index (χ1n) is 18.0. The molecule has 0 spiro atoms. The summed E-state index contributed by atoms with van der Waals surface area (Å²) in [6.07, 6.45) is -16.3. The second kappa shape index (κ2) is 14.6. The lowest BCUT2D eigenvalue weighted by Crippen LogP contribution is -2.54. The Hall–Kier alpha value is -2.78. The molecule has 0 bridgehead atoms. The largest absolute Gasteiger partial charge is 0.389 e. The van der Waals surface area contributed by atoms with Gasteiger partial charge in [0.1, 0.15) is 54.5 Å². The monoisotopic (exact) mass is 788 g/mol. The molecule has 0 radical (unpaired) electrons. The highest BCUT2D eigenvalue weighted by atomic mass is 16.9. The molecule has 55 heavy (non-hydrogen) atoms. The van der Waals surface area contributed by atoms with E-state index in [1.54, 1.807) is 41.5 Å². The number of nitro benzene ring substituents is 2. The Morgan fingerprint density at radius 2 is 1.09 bits per heavy atom. The van der Waals surface area contributed by atoms with Crippen LogP contribution in [0.5, 0.6) is 0 Å². The van der Waals surface area contributed by atoms with E-state index in [-0.39, 0.29) is 25.3 Å². The number of fused-ring (bicyclic) bond motifs is 3. The van der Waals surface area contributed by atoms with Crippen LogP contribution in [0, 0.1) is 20.2 Å². The lowest BCUT2D eigenvalue weighted by Gasteiger charge is -2.36. The van der Waals surface area contributed by atoms with Crippen LogP contribution in [0.3, 0.4) is 0 Å². The smallest absolute Gasteiger partial charge is 0.299 e. The molecule has 6 aliphatic heterocycles. The van der Waals surface area contributed by atoms with Crippen molar-refractivity contribution in [3.63, 3.8) is 0 Å². The van der Waals surface area contributed by atoms with Crippen molar-refractivity contribution < 1.29 is 78.0 Å². The average Bonchev–Trinajstić information content (AvgIpc) is 3.87. The predicted octanol–water partition coefficient (Wildman–Crippen LogP) is -0.981. The molecule has 22 nitrogen and oxygen atoms in total. The maximum Gasteiger partial charge on any atom is 0.299 e. The number of benzene rings is 1. The first-order valence-corrected chi connectivity index (χ1v) is 18.0. The van der Waals surface area contributed by atoms with Crippen LogP contribution >= 0.6 is 0 Å². The van der Waals surface area contributed by atoms with E-state index in [0.29, 0.717) is 0 Å². The number of nitro groups is 2. The molecule has 6 heterocycles. The zero-order chi connectivity index (χ0) is 39.9. The molecule has 0 aromatic heterocycles. The number of aliphatic hydroxyl groups excluding tert-OH is 5. The van der Waals surface area contributed by atoms with Gasteiger partial charge in [-0.2, -0.15) is 0 Å². The molecule has 1 aromatic carbocycles. The Kier molecular flexibility index (Phi) is 10.7.